The van der Waals surface area contributed by atoms with Crippen LogP contribution in [0.15, 0.2) is 61.3 Å². The van der Waals surface area contributed by atoms with Gasteiger partial charge in [-0.15, -0.1) is 0 Å². The molecule has 0 unspecified atom stereocenters. The van der Waals surface area contributed by atoms with E-state index in [2.05, 4.69) is 11.9 Å². The van der Waals surface area contributed by atoms with Crippen LogP contribution in [-0.2, 0) is 4.79 Å². The van der Waals surface area contributed by atoms with Gasteiger partial charge in [0.25, 0.3) is 0 Å². The third-order valence-electron chi connectivity index (χ3n) is 3.27. The Hall–Kier alpha value is -2.95. The van der Waals surface area contributed by atoms with Crippen molar-refractivity contribution in [1.82, 2.24) is 4.57 Å². The molecule has 22 heavy (non-hydrogen) atoms. The lowest BCUT2D eigenvalue weighted by Crippen LogP contribution is -2.06. The number of fused-ring (bicyclic) bond motifs is 1. The summed E-state index contributed by atoms with van der Waals surface area (Å²) in [6.07, 6.45) is 2.91. The summed E-state index contributed by atoms with van der Waals surface area (Å²) in [5.41, 5.74) is 1.80. The van der Waals surface area contributed by atoms with Gasteiger partial charge in [-0.25, -0.2) is 8.78 Å². The van der Waals surface area contributed by atoms with Crippen LogP contribution < -0.4 is 5.32 Å². The lowest BCUT2D eigenvalue weighted by atomic mass is 10.2. The average Bonchev–Trinajstić information content (AvgIpc) is 2.89. The predicted octanol–water partition coefficient (Wildman–Crippen LogP) is 4.03. The Morgan fingerprint density at radius 2 is 1.82 bits per heavy atom. The molecule has 2 aromatic carbocycles. The third kappa shape index (κ3) is 2.61. The zero-order valence-electron chi connectivity index (χ0n) is 11.5. The highest BCUT2D eigenvalue weighted by Crippen LogP contribution is 2.24. The second-order valence-corrected chi connectivity index (χ2v) is 4.78. The van der Waals surface area contributed by atoms with Crippen LogP contribution in [-0.4, -0.2) is 10.5 Å². The number of hydrogen-bond donors (Lipinski definition) is 1. The second kappa shape index (κ2) is 5.44. The number of amides is 1. The number of hydrogen-bond acceptors (Lipinski definition) is 1. The van der Waals surface area contributed by atoms with Gasteiger partial charge in [-0.2, -0.15) is 0 Å². The maximum atomic E-state index is 13.4. The Morgan fingerprint density at radius 1 is 1.09 bits per heavy atom. The number of nitrogens with zero attached hydrogens (tertiary/aromatic N) is 1. The monoisotopic (exact) mass is 298 g/mol. The lowest BCUT2D eigenvalue weighted by molar-refractivity contribution is -0.111. The number of halogens is 2. The zero-order chi connectivity index (χ0) is 15.7. The topological polar surface area (TPSA) is 34.0 Å². The summed E-state index contributed by atoms with van der Waals surface area (Å²) < 4.78 is 28.4. The van der Waals surface area contributed by atoms with Crippen LogP contribution in [0.2, 0.25) is 0 Å². The summed E-state index contributed by atoms with van der Waals surface area (Å²) in [5, 5.41) is 3.50. The molecule has 1 amide bonds. The van der Waals surface area contributed by atoms with Gasteiger partial charge in [-0.05, 0) is 42.5 Å². The van der Waals surface area contributed by atoms with Gasteiger partial charge < -0.3 is 9.88 Å². The van der Waals surface area contributed by atoms with E-state index in [0.717, 1.165) is 17.0 Å². The van der Waals surface area contributed by atoms with E-state index in [1.54, 1.807) is 29.0 Å². The minimum Gasteiger partial charge on any atom is -0.323 e. The summed E-state index contributed by atoms with van der Waals surface area (Å²) in [6.45, 7) is 3.39. The van der Waals surface area contributed by atoms with Gasteiger partial charge in [0.2, 0.25) is 5.91 Å². The number of rotatable bonds is 3. The molecule has 110 valence electrons. The molecule has 0 spiro atoms. The van der Waals surface area contributed by atoms with Crippen LogP contribution >= 0.6 is 0 Å². The molecule has 5 heteroatoms. The lowest BCUT2D eigenvalue weighted by Gasteiger charge is -2.07. The highest BCUT2D eigenvalue weighted by Gasteiger charge is 2.07. The third-order valence-corrected chi connectivity index (χ3v) is 3.27. The minimum atomic E-state index is -0.633. The summed E-state index contributed by atoms with van der Waals surface area (Å²) in [7, 11) is 0. The quantitative estimate of drug-likeness (QED) is 0.728. The summed E-state index contributed by atoms with van der Waals surface area (Å²) in [6, 6.07) is 10.4. The van der Waals surface area contributed by atoms with Crippen molar-refractivity contribution in [1.29, 1.82) is 0 Å². The molecular formula is C17H12F2N2O. The standard InChI is InChI=1S/C17H12F2N2O/c1-2-17(22)20-14-3-4-16-11(7-14)5-6-21(16)15-9-12(18)8-13(19)10-15/h2-10H,1H2,(H,20,22). The van der Waals surface area contributed by atoms with Crippen molar-refractivity contribution in [2.24, 2.45) is 0 Å². The SMILES string of the molecule is C=CC(=O)Nc1ccc2c(ccn2-c2cc(F)cc(F)c2)c1. The van der Waals surface area contributed by atoms with Crippen LogP contribution in [0.25, 0.3) is 16.6 Å². The van der Waals surface area contributed by atoms with Gasteiger partial charge in [0, 0.05) is 23.3 Å². The van der Waals surface area contributed by atoms with Gasteiger partial charge in [0.15, 0.2) is 0 Å². The van der Waals surface area contributed by atoms with E-state index in [1.807, 2.05) is 6.07 Å². The van der Waals surface area contributed by atoms with Crippen molar-refractivity contribution in [3.8, 4) is 5.69 Å². The first-order valence-electron chi connectivity index (χ1n) is 6.58. The van der Waals surface area contributed by atoms with Crippen LogP contribution in [0, 0.1) is 11.6 Å². The number of nitrogens with one attached hydrogen (secondary N) is 1. The Bertz CT molecular complexity index is 863. The van der Waals surface area contributed by atoms with Gasteiger partial charge in [0.1, 0.15) is 11.6 Å². The normalized spacial score (nSPS) is 10.6. The number of carbonyl (C=O) groups is 1. The Balaban J connectivity index is 2.05. The molecule has 0 atom stereocenters. The molecule has 0 aliphatic rings. The molecule has 1 aromatic heterocycles. The van der Waals surface area contributed by atoms with Gasteiger partial charge in [0.05, 0.1) is 11.2 Å². The van der Waals surface area contributed by atoms with Crippen molar-refractivity contribution in [3.63, 3.8) is 0 Å². The molecule has 0 fully saturated rings. The van der Waals surface area contributed by atoms with Gasteiger partial charge in [-0.1, -0.05) is 6.58 Å². The zero-order valence-corrected chi connectivity index (χ0v) is 11.5. The Labute approximate surface area is 125 Å². The summed E-state index contributed by atoms with van der Waals surface area (Å²) >= 11 is 0. The predicted molar refractivity (Wildman–Crippen MR) is 82.0 cm³/mol. The van der Waals surface area contributed by atoms with E-state index in [9.17, 15) is 13.6 Å². The molecule has 0 aliphatic carbocycles. The van der Waals surface area contributed by atoms with E-state index in [-0.39, 0.29) is 5.91 Å². The van der Waals surface area contributed by atoms with E-state index in [1.165, 1.54) is 18.2 Å². The fourth-order valence-electron chi connectivity index (χ4n) is 2.32. The summed E-state index contributed by atoms with van der Waals surface area (Å²) in [4.78, 5) is 11.3. The molecule has 3 rings (SSSR count). The molecule has 3 nitrogen and oxygen atoms in total. The van der Waals surface area contributed by atoms with Crippen LogP contribution in [0.5, 0.6) is 0 Å². The first kappa shape index (κ1) is 14.0. The van der Waals surface area contributed by atoms with Crippen LogP contribution in [0.1, 0.15) is 0 Å². The molecule has 0 radical (unpaired) electrons. The highest BCUT2D eigenvalue weighted by atomic mass is 19.1. The Morgan fingerprint density at radius 3 is 2.50 bits per heavy atom. The summed E-state index contributed by atoms with van der Waals surface area (Å²) in [5.74, 6) is -1.57. The molecule has 1 heterocycles. The second-order valence-electron chi connectivity index (χ2n) is 4.78. The fourth-order valence-corrected chi connectivity index (χ4v) is 2.32. The van der Waals surface area contributed by atoms with Crippen LogP contribution in [0.3, 0.4) is 0 Å². The molecule has 0 bridgehead atoms. The molecule has 0 saturated carbocycles. The first-order chi connectivity index (χ1) is 10.6. The smallest absolute Gasteiger partial charge is 0.247 e. The molecule has 0 saturated heterocycles. The van der Waals surface area contributed by atoms with E-state index >= 15 is 0 Å². The van der Waals surface area contributed by atoms with Gasteiger partial charge in [-0.3, -0.25) is 4.79 Å². The number of anilines is 1. The van der Waals surface area contributed by atoms with E-state index < -0.39 is 11.6 Å². The highest BCUT2D eigenvalue weighted by molar-refractivity contribution is 6.00. The number of benzene rings is 2. The fraction of sp³-hybridized carbons (Fsp3) is 0. The van der Waals surface area contributed by atoms with Crippen molar-refractivity contribution in [3.05, 3.63) is 73.0 Å². The Kier molecular flexibility index (Phi) is 3.47. The van der Waals surface area contributed by atoms with E-state index in [4.69, 9.17) is 0 Å². The van der Waals surface area contributed by atoms with Gasteiger partial charge >= 0.3 is 0 Å². The molecule has 1 N–H and O–H groups in total. The molecular weight excluding hydrogens is 286 g/mol. The maximum absolute atomic E-state index is 13.4. The molecule has 0 aliphatic heterocycles. The van der Waals surface area contributed by atoms with Crippen molar-refractivity contribution >= 4 is 22.5 Å². The minimum absolute atomic E-state index is 0.300. The van der Waals surface area contributed by atoms with Crippen molar-refractivity contribution in [2.75, 3.05) is 5.32 Å². The first-order valence-corrected chi connectivity index (χ1v) is 6.58. The van der Waals surface area contributed by atoms with Crippen LogP contribution in [0.4, 0.5) is 14.5 Å². The van der Waals surface area contributed by atoms with Crippen molar-refractivity contribution in [2.45, 2.75) is 0 Å². The number of aromatic nitrogens is 1. The number of carbonyl (C=O) groups excluding carboxylic acids is 1. The van der Waals surface area contributed by atoms with E-state index in [0.29, 0.717) is 11.4 Å². The molecule has 3 aromatic rings. The van der Waals surface area contributed by atoms with Crippen molar-refractivity contribution < 1.29 is 13.6 Å². The average molecular weight is 298 g/mol. The largest absolute Gasteiger partial charge is 0.323 e. The maximum Gasteiger partial charge on any atom is 0.247 e.